The number of anilines is 2. The van der Waals surface area contributed by atoms with Crippen molar-refractivity contribution in [1.82, 2.24) is 19.6 Å². The topological polar surface area (TPSA) is 147 Å². The fraction of sp³-hybridized carbons (Fsp3) is 0.400. The Morgan fingerprint density at radius 2 is 1.93 bits per heavy atom. The summed E-state index contributed by atoms with van der Waals surface area (Å²) in [4.78, 5) is 43.2. The fourth-order valence-electron chi connectivity index (χ4n) is 5.12. The van der Waals surface area contributed by atoms with Gasteiger partial charge in [-0.2, -0.15) is 5.10 Å². The number of hydrogen-bond acceptors (Lipinski definition) is 8. The molecule has 1 aromatic heterocycles. The standard InChI is InChI=1S/C30H36N6O7/c1-17-13-36(19(3)15-37)29(39)21-7-6-8-22(32-28(38)23-11-18(2)33-35(23)5)27(21)43-26(17)14-34(4)30(40)31-20-9-10-24-25(12-20)42-16-41-24/h6-12,17,19,26,37H,13-16H2,1-5H3,(H,31,40)(H,32,38)/t17-,19+,26+/m1/s1. The summed E-state index contributed by atoms with van der Waals surface area (Å²) in [7, 11) is 3.32. The summed E-state index contributed by atoms with van der Waals surface area (Å²) >= 11 is 0. The van der Waals surface area contributed by atoms with Crippen molar-refractivity contribution in [3.8, 4) is 17.2 Å². The number of amides is 4. The minimum atomic E-state index is -0.579. The minimum absolute atomic E-state index is 0.129. The molecule has 5 rings (SSSR count). The highest BCUT2D eigenvalue weighted by atomic mass is 16.7. The van der Waals surface area contributed by atoms with Crippen LogP contribution in [0.5, 0.6) is 17.2 Å². The zero-order valence-corrected chi connectivity index (χ0v) is 24.8. The molecule has 2 aliphatic heterocycles. The Hall–Kier alpha value is -4.78. The van der Waals surface area contributed by atoms with Crippen molar-refractivity contribution in [3.63, 3.8) is 0 Å². The number of aliphatic hydroxyl groups excluding tert-OH is 1. The highest BCUT2D eigenvalue weighted by Gasteiger charge is 2.35. The molecule has 13 heteroatoms. The number of ether oxygens (including phenoxy) is 3. The van der Waals surface area contributed by atoms with Crippen LogP contribution < -0.4 is 24.8 Å². The number of benzene rings is 2. The number of rotatable bonds is 7. The predicted octanol–water partition coefficient (Wildman–Crippen LogP) is 3.09. The molecule has 3 atom stereocenters. The number of aromatic nitrogens is 2. The van der Waals surface area contributed by atoms with Gasteiger partial charge in [-0.25, -0.2) is 4.79 Å². The van der Waals surface area contributed by atoms with Gasteiger partial charge in [0.25, 0.3) is 11.8 Å². The van der Waals surface area contributed by atoms with Crippen molar-refractivity contribution in [2.75, 3.05) is 44.2 Å². The zero-order valence-electron chi connectivity index (χ0n) is 24.8. The second-order valence-corrected chi connectivity index (χ2v) is 10.9. The summed E-state index contributed by atoms with van der Waals surface area (Å²) in [5.41, 5.74) is 2.11. The zero-order chi connectivity index (χ0) is 30.8. The molecule has 3 heterocycles. The molecule has 3 N–H and O–H groups in total. The van der Waals surface area contributed by atoms with Gasteiger partial charge >= 0.3 is 6.03 Å². The molecule has 13 nitrogen and oxygen atoms in total. The van der Waals surface area contributed by atoms with E-state index in [1.807, 2.05) is 6.92 Å². The molecular weight excluding hydrogens is 556 g/mol. The number of nitrogens with zero attached hydrogens (tertiary/aromatic N) is 4. The lowest BCUT2D eigenvalue weighted by Gasteiger charge is -2.38. The SMILES string of the molecule is Cc1cc(C(=O)Nc2cccc3c2O[C@@H](CN(C)C(=O)Nc2ccc4c(c2)OCO4)[C@H](C)CN([C@@H](C)CO)C3=O)n(C)n1. The number of carbonyl (C=O) groups excluding carboxylic acids is 3. The Morgan fingerprint density at radius 3 is 2.65 bits per heavy atom. The van der Waals surface area contributed by atoms with Crippen LogP contribution in [0.25, 0.3) is 0 Å². The second kappa shape index (κ2) is 12.2. The van der Waals surface area contributed by atoms with E-state index in [-0.39, 0.29) is 55.7 Å². The number of fused-ring (bicyclic) bond motifs is 2. The molecule has 0 unspecified atom stereocenters. The number of aliphatic hydroxyl groups is 1. The summed E-state index contributed by atoms with van der Waals surface area (Å²) in [5, 5.41) is 19.9. The third kappa shape index (κ3) is 6.21. The lowest BCUT2D eigenvalue weighted by atomic mass is 9.99. The first-order chi connectivity index (χ1) is 20.5. The molecular formula is C30H36N6O7. The first-order valence-corrected chi connectivity index (χ1v) is 14.0. The molecule has 0 spiro atoms. The first-order valence-electron chi connectivity index (χ1n) is 14.0. The van der Waals surface area contributed by atoms with E-state index >= 15 is 0 Å². The number of para-hydroxylation sites is 1. The van der Waals surface area contributed by atoms with Gasteiger partial charge in [0.15, 0.2) is 17.2 Å². The maximum atomic E-state index is 13.7. The van der Waals surface area contributed by atoms with Crippen molar-refractivity contribution in [1.29, 1.82) is 0 Å². The van der Waals surface area contributed by atoms with Gasteiger partial charge in [0.1, 0.15) is 11.8 Å². The normalized spacial score (nSPS) is 18.2. The van der Waals surface area contributed by atoms with Crippen molar-refractivity contribution in [2.45, 2.75) is 32.9 Å². The summed E-state index contributed by atoms with van der Waals surface area (Å²) < 4.78 is 18.7. The fourth-order valence-corrected chi connectivity index (χ4v) is 5.12. The van der Waals surface area contributed by atoms with E-state index in [2.05, 4.69) is 15.7 Å². The van der Waals surface area contributed by atoms with E-state index in [1.54, 1.807) is 75.3 Å². The van der Waals surface area contributed by atoms with Gasteiger partial charge in [-0.3, -0.25) is 14.3 Å². The molecule has 0 radical (unpaired) electrons. The molecule has 2 aromatic carbocycles. The molecule has 0 saturated heterocycles. The third-order valence-corrected chi connectivity index (χ3v) is 7.60. The molecule has 43 heavy (non-hydrogen) atoms. The average Bonchev–Trinajstić information content (AvgIpc) is 3.59. The van der Waals surface area contributed by atoms with Crippen molar-refractivity contribution in [3.05, 3.63) is 59.4 Å². The van der Waals surface area contributed by atoms with E-state index < -0.39 is 18.1 Å². The van der Waals surface area contributed by atoms with E-state index in [0.717, 1.165) is 0 Å². The molecule has 0 fully saturated rings. The lowest BCUT2D eigenvalue weighted by molar-refractivity contribution is 0.0372. The van der Waals surface area contributed by atoms with Crippen LogP contribution in [0.15, 0.2) is 42.5 Å². The molecule has 0 bridgehead atoms. The summed E-state index contributed by atoms with van der Waals surface area (Å²) in [5.74, 6) is 0.349. The Labute approximate surface area is 249 Å². The number of likely N-dealkylation sites (N-methyl/N-ethyl adjacent to an activating group) is 1. The second-order valence-electron chi connectivity index (χ2n) is 10.9. The van der Waals surface area contributed by atoms with E-state index in [4.69, 9.17) is 14.2 Å². The van der Waals surface area contributed by atoms with Crippen LogP contribution in [0.4, 0.5) is 16.2 Å². The summed E-state index contributed by atoms with van der Waals surface area (Å²) in [6.07, 6.45) is -0.579. The van der Waals surface area contributed by atoms with Crippen LogP contribution in [0.3, 0.4) is 0 Å². The van der Waals surface area contributed by atoms with Crippen LogP contribution in [0.2, 0.25) is 0 Å². The van der Waals surface area contributed by atoms with Crippen molar-refractivity contribution >= 4 is 29.2 Å². The van der Waals surface area contributed by atoms with Gasteiger partial charge < -0.3 is 39.8 Å². The number of urea groups is 1. The van der Waals surface area contributed by atoms with E-state index in [0.29, 0.717) is 34.3 Å². The van der Waals surface area contributed by atoms with Crippen LogP contribution in [-0.4, -0.2) is 88.2 Å². The number of carbonyl (C=O) groups is 3. The van der Waals surface area contributed by atoms with Crippen LogP contribution in [0, 0.1) is 12.8 Å². The monoisotopic (exact) mass is 592 g/mol. The van der Waals surface area contributed by atoms with Crippen LogP contribution >= 0.6 is 0 Å². The smallest absolute Gasteiger partial charge is 0.321 e. The lowest BCUT2D eigenvalue weighted by Crippen LogP contribution is -2.50. The Kier molecular flexibility index (Phi) is 8.44. The first kappa shape index (κ1) is 29.7. The van der Waals surface area contributed by atoms with Gasteiger partial charge in [0.2, 0.25) is 6.79 Å². The highest BCUT2D eigenvalue weighted by Crippen LogP contribution is 2.36. The molecule has 4 amide bonds. The number of hydrogen-bond donors (Lipinski definition) is 3. The number of nitrogens with one attached hydrogen (secondary N) is 2. The maximum Gasteiger partial charge on any atom is 0.321 e. The van der Waals surface area contributed by atoms with Gasteiger partial charge in [-0.05, 0) is 44.2 Å². The van der Waals surface area contributed by atoms with E-state index in [9.17, 15) is 19.5 Å². The molecule has 228 valence electrons. The molecule has 3 aromatic rings. The van der Waals surface area contributed by atoms with Gasteiger partial charge in [0, 0.05) is 38.3 Å². The molecule has 0 saturated carbocycles. The highest BCUT2D eigenvalue weighted by molar-refractivity contribution is 6.06. The Morgan fingerprint density at radius 1 is 1.16 bits per heavy atom. The Bertz CT molecular complexity index is 1540. The van der Waals surface area contributed by atoms with E-state index in [1.165, 1.54) is 9.58 Å². The van der Waals surface area contributed by atoms with Crippen LogP contribution in [0.1, 0.15) is 40.4 Å². The average molecular weight is 593 g/mol. The van der Waals surface area contributed by atoms with Gasteiger partial charge in [-0.15, -0.1) is 0 Å². The van der Waals surface area contributed by atoms with Gasteiger partial charge in [-0.1, -0.05) is 13.0 Å². The minimum Gasteiger partial charge on any atom is -0.485 e. The molecule has 2 aliphatic rings. The van der Waals surface area contributed by atoms with Crippen molar-refractivity contribution in [2.24, 2.45) is 13.0 Å². The largest absolute Gasteiger partial charge is 0.485 e. The third-order valence-electron chi connectivity index (χ3n) is 7.60. The number of aryl methyl sites for hydroxylation is 2. The maximum absolute atomic E-state index is 13.7. The van der Waals surface area contributed by atoms with Crippen molar-refractivity contribution < 1.29 is 33.7 Å². The van der Waals surface area contributed by atoms with Crippen LogP contribution in [-0.2, 0) is 7.05 Å². The summed E-state index contributed by atoms with van der Waals surface area (Å²) in [6, 6.07) is 10.9. The Balaban J connectivity index is 1.42. The van der Waals surface area contributed by atoms with Gasteiger partial charge in [0.05, 0.1) is 36.1 Å². The molecule has 0 aliphatic carbocycles. The summed E-state index contributed by atoms with van der Waals surface area (Å²) in [6.45, 7) is 5.82. The quantitative estimate of drug-likeness (QED) is 0.379. The predicted molar refractivity (Wildman–Crippen MR) is 158 cm³/mol.